The Bertz CT molecular complexity index is 692. The van der Waals surface area contributed by atoms with E-state index in [1.807, 2.05) is 6.07 Å². The molecule has 1 aromatic carbocycles. The predicted octanol–water partition coefficient (Wildman–Crippen LogP) is 3.29. The highest BCUT2D eigenvalue weighted by atomic mass is 32.2. The van der Waals surface area contributed by atoms with Gasteiger partial charge in [0.05, 0.1) is 5.97 Å². The van der Waals surface area contributed by atoms with E-state index in [-0.39, 0.29) is 16.2 Å². The summed E-state index contributed by atoms with van der Waals surface area (Å²) in [5.41, 5.74) is 1.36. The van der Waals surface area contributed by atoms with Crippen molar-refractivity contribution < 1.29 is 14.7 Å². The third-order valence-corrected chi connectivity index (χ3v) is 7.50. The monoisotopic (exact) mass is 358 g/mol. The zero-order chi connectivity index (χ0) is 17.8. The summed E-state index contributed by atoms with van der Waals surface area (Å²) in [5, 5.41) is 11.4. The van der Waals surface area contributed by atoms with E-state index in [9.17, 15) is 14.7 Å². The first-order chi connectivity index (χ1) is 11.9. The molecule has 0 aliphatic heterocycles. The van der Waals surface area contributed by atoms with Gasteiger partial charge < -0.3 is 14.8 Å². The van der Waals surface area contributed by atoms with Crippen LogP contribution in [0.4, 0.5) is 4.79 Å². The van der Waals surface area contributed by atoms with Crippen LogP contribution in [-0.2, 0) is 5.41 Å². The van der Waals surface area contributed by atoms with Crippen LogP contribution in [-0.4, -0.2) is 30.2 Å². The zero-order valence-electron chi connectivity index (χ0n) is 14.8. The molecular weight excluding hydrogens is 334 g/mol. The highest BCUT2D eigenvalue weighted by Crippen LogP contribution is 2.61. The Labute approximate surface area is 153 Å². The first kappa shape index (κ1) is 17.0. The number of carbonyl (C=O) groups excluding carboxylic acids is 2. The van der Waals surface area contributed by atoms with Crippen molar-refractivity contribution in [1.82, 2.24) is 4.90 Å². The molecule has 4 aliphatic carbocycles. The van der Waals surface area contributed by atoms with Crippen molar-refractivity contribution in [1.29, 1.82) is 0 Å². The second-order valence-electron chi connectivity index (χ2n) is 8.46. The fourth-order valence-electron chi connectivity index (χ4n) is 5.79. The topological polar surface area (TPSA) is 60.4 Å². The minimum atomic E-state index is -1.14. The average molecular weight is 358 g/mol. The zero-order valence-corrected chi connectivity index (χ0v) is 15.6. The first-order valence-electron chi connectivity index (χ1n) is 9.11. The second kappa shape index (κ2) is 6.04. The van der Waals surface area contributed by atoms with Gasteiger partial charge in [-0.1, -0.05) is 6.07 Å². The van der Waals surface area contributed by atoms with Gasteiger partial charge in [0.2, 0.25) is 0 Å². The summed E-state index contributed by atoms with van der Waals surface area (Å²) >= 11 is 1.22. The summed E-state index contributed by atoms with van der Waals surface area (Å²) < 4.78 is 0. The summed E-state index contributed by atoms with van der Waals surface area (Å²) in [5.74, 6) is 1.15. The third kappa shape index (κ3) is 2.97. The lowest BCUT2D eigenvalue weighted by molar-refractivity contribution is -0.255. The van der Waals surface area contributed by atoms with Gasteiger partial charge in [0.15, 0.2) is 0 Å². The molecule has 0 spiro atoms. The van der Waals surface area contributed by atoms with E-state index < -0.39 is 5.97 Å². The molecule has 134 valence electrons. The summed E-state index contributed by atoms with van der Waals surface area (Å²) in [6.45, 7) is 0. The van der Waals surface area contributed by atoms with Crippen molar-refractivity contribution in [3.8, 4) is 0 Å². The molecule has 0 unspecified atom stereocenters. The molecular formula is C20H24NO3S-. The average Bonchev–Trinajstić information content (AvgIpc) is 2.53. The Morgan fingerprint density at radius 1 is 1.08 bits per heavy atom. The van der Waals surface area contributed by atoms with Crippen LogP contribution in [0.5, 0.6) is 0 Å². The van der Waals surface area contributed by atoms with Gasteiger partial charge in [-0.3, -0.25) is 4.79 Å². The number of carboxylic acids is 1. The molecule has 25 heavy (non-hydrogen) atoms. The van der Waals surface area contributed by atoms with Crippen molar-refractivity contribution in [2.75, 3.05) is 14.1 Å². The van der Waals surface area contributed by atoms with Crippen LogP contribution in [0.15, 0.2) is 23.1 Å². The Kier molecular flexibility index (Phi) is 4.10. The number of carboxylic acid groups (broad SMARTS) is 1. The molecule has 1 aromatic rings. The molecule has 0 atom stereocenters. The van der Waals surface area contributed by atoms with Crippen molar-refractivity contribution in [2.45, 2.75) is 48.8 Å². The number of rotatable bonds is 3. The van der Waals surface area contributed by atoms with Crippen molar-refractivity contribution in [2.24, 2.45) is 17.8 Å². The van der Waals surface area contributed by atoms with Crippen molar-refractivity contribution in [3.63, 3.8) is 0 Å². The van der Waals surface area contributed by atoms with E-state index in [1.54, 1.807) is 31.1 Å². The van der Waals surface area contributed by atoms with E-state index in [0.29, 0.717) is 0 Å². The normalized spacial score (nSPS) is 32.6. The predicted molar refractivity (Wildman–Crippen MR) is 95.6 cm³/mol. The van der Waals surface area contributed by atoms with Crippen LogP contribution in [0.3, 0.4) is 0 Å². The largest absolute Gasteiger partial charge is 0.545 e. The standard InChI is InChI=1S/C20H25NO3S/c1-21(2)19(24)25-17-4-3-15(18(22)23)8-16(17)20-9-12-5-13(10-20)7-14(6-12)11-20/h3-4,8,12-14H,5-7,9-11H2,1-2H3,(H,22,23)/p-1. The summed E-state index contributed by atoms with van der Waals surface area (Å²) in [6.07, 6.45) is 7.41. The SMILES string of the molecule is CN(C)C(=O)Sc1ccc(C(=O)[O-])cc1C12CC3CC(CC(C3)C1)C2. The Morgan fingerprint density at radius 3 is 2.12 bits per heavy atom. The molecule has 0 heterocycles. The molecule has 0 aromatic heterocycles. The molecule has 0 N–H and O–H groups in total. The first-order valence-corrected chi connectivity index (χ1v) is 9.93. The maximum Gasteiger partial charge on any atom is 0.285 e. The summed E-state index contributed by atoms with van der Waals surface area (Å²) in [6, 6.07) is 5.18. The molecule has 4 fully saturated rings. The van der Waals surface area contributed by atoms with Crippen LogP contribution >= 0.6 is 11.8 Å². The molecule has 4 saturated carbocycles. The van der Waals surface area contributed by atoms with Crippen LogP contribution in [0, 0.1) is 17.8 Å². The van der Waals surface area contributed by atoms with Gasteiger partial charge in [-0.25, -0.2) is 0 Å². The van der Waals surface area contributed by atoms with Crippen LogP contribution < -0.4 is 5.11 Å². The molecule has 5 rings (SSSR count). The van der Waals surface area contributed by atoms with Gasteiger partial charge in [0, 0.05) is 19.0 Å². The number of aromatic carboxylic acids is 1. The van der Waals surface area contributed by atoms with Gasteiger partial charge in [-0.2, -0.15) is 0 Å². The van der Waals surface area contributed by atoms with Crippen LogP contribution in [0.25, 0.3) is 0 Å². The van der Waals surface area contributed by atoms with Crippen LogP contribution in [0.2, 0.25) is 0 Å². The maximum absolute atomic E-state index is 12.3. The number of carbonyl (C=O) groups is 2. The second-order valence-corrected chi connectivity index (χ2v) is 9.45. The molecule has 5 heteroatoms. The number of amides is 1. The Morgan fingerprint density at radius 2 is 1.64 bits per heavy atom. The lowest BCUT2D eigenvalue weighted by Gasteiger charge is -2.57. The van der Waals surface area contributed by atoms with Gasteiger partial charge in [0.25, 0.3) is 5.24 Å². The highest BCUT2D eigenvalue weighted by molar-refractivity contribution is 8.13. The summed E-state index contributed by atoms with van der Waals surface area (Å²) in [4.78, 5) is 26.2. The van der Waals surface area contributed by atoms with Crippen molar-refractivity contribution >= 4 is 23.0 Å². The molecule has 4 aliphatic rings. The van der Waals surface area contributed by atoms with Gasteiger partial charge >= 0.3 is 0 Å². The molecule has 1 amide bonds. The van der Waals surface area contributed by atoms with E-state index in [1.165, 1.54) is 31.0 Å². The smallest absolute Gasteiger partial charge is 0.285 e. The summed E-state index contributed by atoms with van der Waals surface area (Å²) in [7, 11) is 3.49. The lowest BCUT2D eigenvalue weighted by atomic mass is 9.48. The molecule has 4 bridgehead atoms. The number of hydrogen-bond acceptors (Lipinski definition) is 4. The highest BCUT2D eigenvalue weighted by Gasteiger charge is 2.52. The molecule has 4 nitrogen and oxygen atoms in total. The quantitative estimate of drug-likeness (QED) is 0.778. The van der Waals surface area contributed by atoms with Gasteiger partial charge in [-0.05, 0) is 96.7 Å². The Hall–Kier alpha value is -1.49. The third-order valence-electron chi connectivity index (χ3n) is 6.39. The minimum Gasteiger partial charge on any atom is -0.545 e. The van der Waals surface area contributed by atoms with Gasteiger partial charge in [-0.15, -0.1) is 0 Å². The van der Waals surface area contributed by atoms with Gasteiger partial charge in [0.1, 0.15) is 0 Å². The Balaban J connectivity index is 1.77. The molecule has 0 saturated heterocycles. The maximum atomic E-state index is 12.3. The number of benzene rings is 1. The number of hydrogen-bond donors (Lipinski definition) is 0. The van der Waals surface area contributed by atoms with E-state index >= 15 is 0 Å². The fourth-order valence-corrected chi connectivity index (χ4v) is 6.68. The fraction of sp³-hybridized carbons (Fsp3) is 0.600. The van der Waals surface area contributed by atoms with E-state index in [4.69, 9.17) is 0 Å². The lowest BCUT2D eigenvalue weighted by Crippen LogP contribution is -2.48. The minimum absolute atomic E-state index is 0.0211. The van der Waals surface area contributed by atoms with E-state index in [2.05, 4.69) is 0 Å². The van der Waals surface area contributed by atoms with E-state index in [0.717, 1.165) is 47.5 Å². The molecule has 0 radical (unpaired) electrons. The van der Waals surface area contributed by atoms with Crippen molar-refractivity contribution in [3.05, 3.63) is 29.3 Å². The van der Waals surface area contributed by atoms with Crippen LogP contribution in [0.1, 0.15) is 54.4 Å². The number of nitrogens with zero attached hydrogens (tertiary/aromatic N) is 1. The number of thioether (sulfide) groups is 1.